The summed E-state index contributed by atoms with van der Waals surface area (Å²) in [7, 11) is 1.68. The van der Waals surface area contributed by atoms with E-state index >= 15 is 0 Å². The van der Waals surface area contributed by atoms with Gasteiger partial charge in [0.25, 0.3) is 0 Å². The lowest BCUT2D eigenvalue weighted by atomic mass is 10.4. The number of hydrogen-bond donors (Lipinski definition) is 1. The maximum atomic E-state index is 4.97. The van der Waals surface area contributed by atoms with Crippen LogP contribution in [0.2, 0.25) is 0 Å². The molecule has 0 atom stereocenters. The van der Waals surface area contributed by atoms with Crippen molar-refractivity contribution in [3.63, 3.8) is 0 Å². The molecule has 0 fully saturated rings. The number of nitrogens with zero attached hydrogens (tertiary/aromatic N) is 6. The van der Waals surface area contributed by atoms with Crippen LogP contribution in [0.3, 0.4) is 0 Å². The topological polar surface area (TPSA) is 82.7 Å². The van der Waals surface area contributed by atoms with Gasteiger partial charge in [0.05, 0.1) is 18.5 Å². The lowest BCUT2D eigenvalue weighted by molar-refractivity contribution is 0.199. The molecule has 0 aromatic carbocycles. The third-order valence-corrected chi connectivity index (χ3v) is 2.81. The zero-order valence-corrected chi connectivity index (χ0v) is 12.0. The zero-order chi connectivity index (χ0) is 14.2. The van der Waals surface area contributed by atoms with Crippen LogP contribution in [0.1, 0.15) is 24.9 Å². The number of rotatable bonds is 9. The van der Waals surface area contributed by atoms with Gasteiger partial charge in [-0.15, -0.1) is 5.10 Å². The van der Waals surface area contributed by atoms with E-state index in [0.717, 1.165) is 31.0 Å². The molecule has 0 spiro atoms. The summed E-state index contributed by atoms with van der Waals surface area (Å²) < 4.78 is 8.65. The van der Waals surface area contributed by atoms with E-state index in [-0.39, 0.29) is 0 Å². The summed E-state index contributed by atoms with van der Waals surface area (Å²) in [6.07, 6.45) is 4.53. The fraction of sp³-hybridized carbons (Fsp3) is 0.667. The van der Waals surface area contributed by atoms with Crippen molar-refractivity contribution in [2.24, 2.45) is 0 Å². The molecule has 2 aromatic rings. The molecule has 1 N–H and O–H groups in total. The SMILES string of the molecule is CCCn1ncnc1Cn1cc(CNCCOC)nn1. The van der Waals surface area contributed by atoms with Crippen molar-refractivity contribution in [2.75, 3.05) is 20.3 Å². The Kier molecular flexibility index (Phi) is 5.63. The molecular formula is C12H21N7O. The summed E-state index contributed by atoms with van der Waals surface area (Å²) in [6, 6.07) is 0. The van der Waals surface area contributed by atoms with Crippen molar-refractivity contribution < 1.29 is 4.74 Å². The van der Waals surface area contributed by atoms with Gasteiger partial charge >= 0.3 is 0 Å². The van der Waals surface area contributed by atoms with E-state index < -0.39 is 0 Å². The molecule has 0 unspecified atom stereocenters. The maximum Gasteiger partial charge on any atom is 0.148 e. The third-order valence-electron chi connectivity index (χ3n) is 2.81. The molecule has 2 rings (SSSR count). The second-order valence-corrected chi connectivity index (χ2v) is 4.48. The van der Waals surface area contributed by atoms with Gasteiger partial charge in [-0.3, -0.25) is 0 Å². The van der Waals surface area contributed by atoms with Gasteiger partial charge in [-0.05, 0) is 6.42 Å². The molecule has 2 heterocycles. The predicted molar refractivity (Wildman–Crippen MR) is 73.0 cm³/mol. The van der Waals surface area contributed by atoms with Gasteiger partial charge in [0.15, 0.2) is 0 Å². The predicted octanol–water partition coefficient (Wildman–Crippen LogP) is 0.0639. The maximum absolute atomic E-state index is 4.97. The first-order valence-corrected chi connectivity index (χ1v) is 6.78. The minimum absolute atomic E-state index is 0.588. The summed E-state index contributed by atoms with van der Waals surface area (Å²) >= 11 is 0. The molecule has 0 aliphatic rings. The van der Waals surface area contributed by atoms with Crippen LogP contribution in [0.25, 0.3) is 0 Å². The molecule has 8 heteroatoms. The Hall–Kier alpha value is -1.80. The lowest BCUT2D eigenvalue weighted by Gasteiger charge is -2.03. The summed E-state index contributed by atoms with van der Waals surface area (Å²) in [5.74, 6) is 0.899. The number of methoxy groups -OCH3 is 1. The van der Waals surface area contributed by atoms with Crippen LogP contribution in [0.15, 0.2) is 12.5 Å². The first kappa shape index (κ1) is 14.6. The summed E-state index contributed by atoms with van der Waals surface area (Å²) in [5.41, 5.74) is 0.905. The molecule has 0 aliphatic carbocycles. The highest BCUT2D eigenvalue weighted by atomic mass is 16.5. The molecule has 0 bridgehead atoms. The van der Waals surface area contributed by atoms with Crippen LogP contribution < -0.4 is 5.32 Å². The summed E-state index contributed by atoms with van der Waals surface area (Å²) in [5, 5.41) is 15.7. The van der Waals surface area contributed by atoms with E-state index in [9.17, 15) is 0 Å². The third kappa shape index (κ3) is 4.10. The number of ether oxygens (including phenoxy) is 1. The van der Waals surface area contributed by atoms with Crippen LogP contribution in [-0.4, -0.2) is 50.0 Å². The van der Waals surface area contributed by atoms with Gasteiger partial charge in [0.2, 0.25) is 0 Å². The van der Waals surface area contributed by atoms with Crippen LogP contribution in [-0.2, 0) is 24.4 Å². The molecule has 110 valence electrons. The standard InChI is InChI=1S/C12H21N7O/c1-3-5-19-12(14-10-15-19)9-18-8-11(16-17-18)7-13-4-6-20-2/h8,10,13H,3-7,9H2,1-2H3. The molecule has 20 heavy (non-hydrogen) atoms. The number of hydrogen-bond acceptors (Lipinski definition) is 6. The fourth-order valence-electron chi connectivity index (χ4n) is 1.84. The highest BCUT2D eigenvalue weighted by molar-refractivity contribution is 4.94. The van der Waals surface area contributed by atoms with Crippen LogP contribution in [0.5, 0.6) is 0 Å². The molecule has 8 nitrogen and oxygen atoms in total. The van der Waals surface area contributed by atoms with Gasteiger partial charge in [-0.25, -0.2) is 14.3 Å². The highest BCUT2D eigenvalue weighted by Crippen LogP contribution is 2.00. The average Bonchev–Trinajstić information content (AvgIpc) is 3.06. The van der Waals surface area contributed by atoms with Crippen molar-refractivity contribution >= 4 is 0 Å². The number of aromatic nitrogens is 6. The Bertz CT molecular complexity index is 507. The minimum Gasteiger partial charge on any atom is -0.383 e. The second-order valence-electron chi connectivity index (χ2n) is 4.48. The Labute approximate surface area is 118 Å². The van der Waals surface area contributed by atoms with Crippen molar-refractivity contribution in [2.45, 2.75) is 33.0 Å². The number of aryl methyl sites for hydroxylation is 1. The van der Waals surface area contributed by atoms with Crippen molar-refractivity contribution in [1.82, 2.24) is 35.1 Å². The first-order chi connectivity index (χ1) is 9.83. The van der Waals surface area contributed by atoms with Gasteiger partial charge in [-0.1, -0.05) is 12.1 Å². The van der Waals surface area contributed by atoms with Gasteiger partial charge in [0.1, 0.15) is 18.7 Å². The Morgan fingerprint density at radius 2 is 2.30 bits per heavy atom. The zero-order valence-electron chi connectivity index (χ0n) is 12.0. The van der Waals surface area contributed by atoms with Crippen molar-refractivity contribution in [3.8, 4) is 0 Å². The molecule has 0 saturated heterocycles. The molecule has 0 radical (unpaired) electrons. The van der Waals surface area contributed by atoms with Gasteiger partial charge in [0, 0.05) is 26.7 Å². The highest BCUT2D eigenvalue weighted by Gasteiger charge is 2.06. The van der Waals surface area contributed by atoms with E-state index in [4.69, 9.17) is 4.74 Å². The molecular weight excluding hydrogens is 258 g/mol. The smallest absolute Gasteiger partial charge is 0.148 e. The van der Waals surface area contributed by atoms with E-state index in [1.165, 1.54) is 0 Å². The Morgan fingerprint density at radius 1 is 1.40 bits per heavy atom. The Morgan fingerprint density at radius 3 is 3.10 bits per heavy atom. The average molecular weight is 279 g/mol. The van der Waals surface area contributed by atoms with Gasteiger partial charge in [-0.2, -0.15) is 5.10 Å². The van der Waals surface area contributed by atoms with Crippen LogP contribution in [0.4, 0.5) is 0 Å². The van der Waals surface area contributed by atoms with Crippen molar-refractivity contribution in [1.29, 1.82) is 0 Å². The largest absolute Gasteiger partial charge is 0.383 e. The fourth-order valence-corrected chi connectivity index (χ4v) is 1.84. The number of nitrogens with one attached hydrogen (secondary N) is 1. The van der Waals surface area contributed by atoms with E-state index in [2.05, 4.69) is 32.6 Å². The second kappa shape index (κ2) is 7.71. The van der Waals surface area contributed by atoms with E-state index in [1.54, 1.807) is 18.1 Å². The van der Waals surface area contributed by atoms with E-state index in [0.29, 0.717) is 19.7 Å². The molecule has 0 aliphatic heterocycles. The van der Waals surface area contributed by atoms with Crippen LogP contribution >= 0.6 is 0 Å². The summed E-state index contributed by atoms with van der Waals surface area (Å²) in [6.45, 7) is 5.75. The minimum atomic E-state index is 0.588. The first-order valence-electron chi connectivity index (χ1n) is 6.78. The lowest BCUT2D eigenvalue weighted by Crippen LogP contribution is -2.18. The summed E-state index contributed by atoms with van der Waals surface area (Å²) in [4.78, 5) is 4.26. The quantitative estimate of drug-likeness (QED) is 0.654. The monoisotopic (exact) mass is 279 g/mol. The molecule has 2 aromatic heterocycles. The Balaban J connectivity index is 1.87. The molecule has 0 saturated carbocycles. The van der Waals surface area contributed by atoms with Gasteiger partial charge < -0.3 is 10.1 Å². The van der Waals surface area contributed by atoms with Crippen molar-refractivity contribution in [3.05, 3.63) is 24.0 Å². The van der Waals surface area contributed by atoms with Crippen LogP contribution in [0, 0.1) is 0 Å². The van der Waals surface area contributed by atoms with E-state index in [1.807, 2.05) is 10.9 Å². The molecule has 0 amide bonds. The normalized spacial score (nSPS) is 11.1.